The molecular formula is C21H21BrN2OS. The van der Waals surface area contributed by atoms with Crippen LogP contribution in [0.15, 0.2) is 52.5 Å². The van der Waals surface area contributed by atoms with Crippen molar-refractivity contribution in [3.8, 4) is 0 Å². The number of thiophene rings is 1. The van der Waals surface area contributed by atoms with Crippen molar-refractivity contribution in [2.24, 2.45) is 0 Å². The number of aromatic amines is 1. The van der Waals surface area contributed by atoms with Crippen molar-refractivity contribution < 1.29 is 4.79 Å². The quantitative estimate of drug-likeness (QED) is 0.557. The van der Waals surface area contributed by atoms with E-state index < -0.39 is 0 Å². The van der Waals surface area contributed by atoms with E-state index in [9.17, 15) is 4.79 Å². The number of carbonyl (C=O) groups is 1. The van der Waals surface area contributed by atoms with E-state index in [2.05, 4.69) is 68.1 Å². The van der Waals surface area contributed by atoms with Gasteiger partial charge in [-0.3, -0.25) is 4.79 Å². The van der Waals surface area contributed by atoms with E-state index in [0.29, 0.717) is 12.2 Å². The van der Waals surface area contributed by atoms with Crippen molar-refractivity contribution in [3.05, 3.63) is 62.9 Å². The number of rotatable bonds is 6. The number of halogens is 1. The SMILES string of the molecule is O=C(CCCc1c[nH]c2c(Br)cccc12)C1CC(c2cccs2)=CCN1. The van der Waals surface area contributed by atoms with Gasteiger partial charge in [-0.2, -0.15) is 0 Å². The van der Waals surface area contributed by atoms with Gasteiger partial charge in [0.2, 0.25) is 0 Å². The molecule has 0 bridgehead atoms. The Balaban J connectivity index is 1.34. The third kappa shape index (κ3) is 3.70. The molecule has 3 nitrogen and oxygen atoms in total. The Morgan fingerprint density at radius 3 is 3.04 bits per heavy atom. The maximum atomic E-state index is 12.7. The molecule has 1 aliphatic rings. The van der Waals surface area contributed by atoms with Crippen molar-refractivity contribution >= 4 is 49.5 Å². The average Bonchev–Trinajstić information content (AvgIpc) is 3.33. The zero-order chi connectivity index (χ0) is 17.9. The van der Waals surface area contributed by atoms with Crippen LogP contribution < -0.4 is 5.32 Å². The van der Waals surface area contributed by atoms with Crippen LogP contribution in [0.25, 0.3) is 16.5 Å². The number of carbonyl (C=O) groups excluding carboxylic acids is 1. The van der Waals surface area contributed by atoms with E-state index in [1.54, 1.807) is 11.3 Å². The minimum Gasteiger partial charge on any atom is -0.360 e. The molecule has 0 saturated carbocycles. The van der Waals surface area contributed by atoms with Crippen molar-refractivity contribution in [1.29, 1.82) is 0 Å². The van der Waals surface area contributed by atoms with Gasteiger partial charge in [0.05, 0.1) is 11.6 Å². The van der Waals surface area contributed by atoms with E-state index in [1.807, 2.05) is 6.07 Å². The molecule has 0 saturated heterocycles. The van der Waals surface area contributed by atoms with Crippen LogP contribution in [-0.2, 0) is 11.2 Å². The molecule has 1 aromatic carbocycles. The number of hydrogen-bond donors (Lipinski definition) is 2. The molecule has 3 heterocycles. The van der Waals surface area contributed by atoms with Crippen LogP contribution in [0, 0.1) is 0 Å². The van der Waals surface area contributed by atoms with Crippen LogP contribution in [-0.4, -0.2) is 23.4 Å². The van der Waals surface area contributed by atoms with E-state index in [-0.39, 0.29) is 6.04 Å². The average molecular weight is 429 g/mol. The Bertz CT molecular complexity index is 942. The van der Waals surface area contributed by atoms with Crippen molar-refractivity contribution in [2.75, 3.05) is 6.54 Å². The fourth-order valence-electron chi connectivity index (χ4n) is 3.60. The number of fused-ring (bicyclic) bond motifs is 1. The Morgan fingerprint density at radius 1 is 1.27 bits per heavy atom. The Labute approximate surface area is 165 Å². The summed E-state index contributed by atoms with van der Waals surface area (Å²) in [5.41, 5.74) is 3.72. The zero-order valence-corrected chi connectivity index (χ0v) is 16.8. The minimum atomic E-state index is -0.0470. The van der Waals surface area contributed by atoms with Crippen LogP contribution in [0.3, 0.4) is 0 Å². The van der Waals surface area contributed by atoms with E-state index in [1.165, 1.54) is 21.4 Å². The third-order valence-corrected chi connectivity index (χ3v) is 6.59. The Kier molecular flexibility index (Phi) is 5.38. The largest absolute Gasteiger partial charge is 0.360 e. The van der Waals surface area contributed by atoms with Gasteiger partial charge < -0.3 is 10.3 Å². The summed E-state index contributed by atoms with van der Waals surface area (Å²) in [7, 11) is 0. The highest BCUT2D eigenvalue weighted by Crippen LogP contribution is 2.28. The van der Waals surface area contributed by atoms with Gasteiger partial charge in [-0.05, 0) is 63.8 Å². The summed E-state index contributed by atoms with van der Waals surface area (Å²) in [6, 6.07) is 10.4. The normalized spacial score (nSPS) is 17.4. The highest BCUT2D eigenvalue weighted by molar-refractivity contribution is 9.10. The highest BCUT2D eigenvalue weighted by atomic mass is 79.9. The predicted octanol–water partition coefficient (Wildman–Crippen LogP) is 5.33. The van der Waals surface area contributed by atoms with E-state index >= 15 is 0 Å². The van der Waals surface area contributed by atoms with Gasteiger partial charge in [-0.25, -0.2) is 0 Å². The number of nitrogens with one attached hydrogen (secondary N) is 2. The number of H-pyrrole nitrogens is 1. The standard InChI is InChI=1S/C21H21BrN2OS/c22-17-6-2-5-16-15(13-24-21(16)17)4-1-7-19(25)18-12-14(9-10-23-18)20-8-3-11-26-20/h2-3,5-6,8-9,11,13,18,23-24H,1,4,7,10,12H2. The lowest BCUT2D eigenvalue weighted by Crippen LogP contribution is -2.39. The second-order valence-corrected chi connectivity index (χ2v) is 8.47. The monoisotopic (exact) mass is 428 g/mol. The molecule has 0 fully saturated rings. The molecule has 5 heteroatoms. The van der Waals surface area contributed by atoms with Gasteiger partial charge in [-0.1, -0.05) is 24.3 Å². The summed E-state index contributed by atoms with van der Waals surface area (Å²) in [6.45, 7) is 0.778. The predicted molar refractivity (Wildman–Crippen MR) is 113 cm³/mol. The fraction of sp³-hybridized carbons (Fsp3) is 0.286. The Hall–Kier alpha value is -1.69. The summed E-state index contributed by atoms with van der Waals surface area (Å²) in [4.78, 5) is 17.3. The van der Waals surface area contributed by atoms with Gasteiger partial charge in [0, 0.05) is 33.9 Å². The fourth-order valence-corrected chi connectivity index (χ4v) is 4.86. The number of hydrogen-bond acceptors (Lipinski definition) is 3. The molecule has 0 aliphatic carbocycles. The molecular weight excluding hydrogens is 408 g/mol. The van der Waals surface area contributed by atoms with Crippen molar-refractivity contribution in [1.82, 2.24) is 10.3 Å². The molecule has 2 aromatic heterocycles. The van der Waals surface area contributed by atoms with E-state index in [0.717, 1.165) is 35.8 Å². The third-order valence-electron chi connectivity index (χ3n) is 4.98. The molecule has 0 amide bonds. The highest BCUT2D eigenvalue weighted by Gasteiger charge is 2.22. The first kappa shape index (κ1) is 17.7. The molecule has 3 aromatic rings. The van der Waals surface area contributed by atoms with Crippen molar-refractivity contribution in [3.63, 3.8) is 0 Å². The van der Waals surface area contributed by atoms with Crippen LogP contribution in [0.2, 0.25) is 0 Å². The molecule has 0 spiro atoms. The molecule has 0 radical (unpaired) electrons. The summed E-state index contributed by atoms with van der Waals surface area (Å²) in [6.07, 6.45) is 7.50. The lowest BCUT2D eigenvalue weighted by Gasteiger charge is -2.22. The molecule has 26 heavy (non-hydrogen) atoms. The summed E-state index contributed by atoms with van der Waals surface area (Å²) in [5, 5.41) is 6.69. The maximum Gasteiger partial charge on any atom is 0.150 e. The molecule has 1 unspecified atom stereocenters. The Morgan fingerprint density at radius 2 is 2.19 bits per heavy atom. The van der Waals surface area contributed by atoms with Crippen LogP contribution in [0.4, 0.5) is 0 Å². The first-order chi connectivity index (χ1) is 12.7. The van der Waals surface area contributed by atoms with Crippen molar-refractivity contribution in [2.45, 2.75) is 31.7 Å². The lowest BCUT2D eigenvalue weighted by molar-refractivity contribution is -0.121. The first-order valence-electron chi connectivity index (χ1n) is 8.96. The number of aryl methyl sites for hydroxylation is 1. The number of aromatic nitrogens is 1. The molecule has 1 aliphatic heterocycles. The zero-order valence-electron chi connectivity index (χ0n) is 14.4. The number of Topliss-reactive ketones (excluding diaryl/α,β-unsaturated/α-hetero) is 1. The smallest absolute Gasteiger partial charge is 0.150 e. The van der Waals surface area contributed by atoms with Crippen LogP contribution >= 0.6 is 27.3 Å². The number of ketones is 1. The lowest BCUT2D eigenvalue weighted by atomic mass is 9.94. The second kappa shape index (κ2) is 7.91. The van der Waals surface area contributed by atoms with Gasteiger partial charge in [-0.15, -0.1) is 11.3 Å². The topological polar surface area (TPSA) is 44.9 Å². The van der Waals surface area contributed by atoms with E-state index in [4.69, 9.17) is 0 Å². The van der Waals surface area contributed by atoms with Gasteiger partial charge >= 0.3 is 0 Å². The van der Waals surface area contributed by atoms with Gasteiger partial charge in [0.1, 0.15) is 5.78 Å². The molecule has 134 valence electrons. The molecule has 1 atom stereocenters. The maximum absolute atomic E-state index is 12.7. The molecule has 2 N–H and O–H groups in total. The summed E-state index contributed by atoms with van der Waals surface area (Å²) in [5.74, 6) is 0.327. The number of benzene rings is 1. The van der Waals surface area contributed by atoms with Crippen LogP contribution in [0.1, 0.15) is 29.7 Å². The molecule has 4 rings (SSSR count). The minimum absolute atomic E-state index is 0.0470. The summed E-state index contributed by atoms with van der Waals surface area (Å²) < 4.78 is 1.08. The number of para-hydroxylation sites is 1. The van der Waals surface area contributed by atoms with Gasteiger partial charge in [0.25, 0.3) is 0 Å². The van der Waals surface area contributed by atoms with Crippen LogP contribution in [0.5, 0.6) is 0 Å². The van der Waals surface area contributed by atoms with Gasteiger partial charge in [0.15, 0.2) is 0 Å². The first-order valence-corrected chi connectivity index (χ1v) is 10.6. The summed E-state index contributed by atoms with van der Waals surface area (Å²) >= 11 is 5.32. The second-order valence-electron chi connectivity index (χ2n) is 6.67.